The van der Waals surface area contributed by atoms with Crippen LogP contribution in [0.15, 0.2) is 48.5 Å². The van der Waals surface area contributed by atoms with Crippen molar-refractivity contribution in [2.24, 2.45) is 0 Å². The van der Waals surface area contributed by atoms with Crippen molar-refractivity contribution in [1.82, 2.24) is 10.3 Å². The van der Waals surface area contributed by atoms with Crippen molar-refractivity contribution in [2.75, 3.05) is 26.2 Å². The Bertz CT molecular complexity index is 899. The summed E-state index contributed by atoms with van der Waals surface area (Å²) in [5.41, 5.74) is 2.13. The molecule has 2 N–H and O–H groups in total. The molecule has 2 heterocycles. The van der Waals surface area contributed by atoms with Gasteiger partial charge in [0, 0.05) is 25.3 Å². The standard InChI is InChI=1S/C22H24FN3OS/c23-18-7-5-16(6-8-18)9-12-24-21(27)15-26-13-10-17(11-14-26)22-25-19-3-1-2-4-20(19)28-22/h1-8,17H,9-15H2,(H,24,27)/p+1. The van der Waals surface area contributed by atoms with E-state index in [2.05, 4.69) is 23.5 Å². The molecule has 1 aromatic heterocycles. The van der Waals surface area contributed by atoms with Crippen molar-refractivity contribution >= 4 is 27.5 Å². The van der Waals surface area contributed by atoms with Crippen molar-refractivity contribution in [2.45, 2.75) is 25.2 Å². The summed E-state index contributed by atoms with van der Waals surface area (Å²) in [6.45, 7) is 3.13. The van der Waals surface area contributed by atoms with Gasteiger partial charge in [-0.3, -0.25) is 4.79 Å². The molecule has 0 atom stereocenters. The van der Waals surface area contributed by atoms with E-state index in [4.69, 9.17) is 4.98 Å². The lowest BCUT2D eigenvalue weighted by atomic mass is 9.97. The van der Waals surface area contributed by atoms with E-state index in [1.165, 1.54) is 26.7 Å². The zero-order chi connectivity index (χ0) is 19.3. The molecule has 3 aromatic rings. The smallest absolute Gasteiger partial charge is 0.275 e. The number of hydrogen-bond donors (Lipinski definition) is 2. The van der Waals surface area contributed by atoms with Crippen LogP contribution in [0.5, 0.6) is 0 Å². The Morgan fingerprint density at radius 1 is 1.14 bits per heavy atom. The van der Waals surface area contributed by atoms with Crippen LogP contribution in [0, 0.1) is 5.82 Å². The number of amides is 1. The molecule has 0 aliphatic carbocycles. The molecular weight excluding hydrogens is 373 g/mol. The number of nitrogens with one attached hydrogen (secondary N) is 2. The van der Waals surface area contributed by atoms with Gasteiger partial charge in [0.05, 0.1) is 28.3 Å². The predicted octanol–water partition coefficient (Wildman–Crippen LogP) is 2.56. The van der Waals surface area contributed by atoms with Crippen molar-refractivity contribution < 1.29 is 14.1 Å². The Hall–Kier alpha value is -2.31. The molecule has 4 nitrogen and oxygen atoms in total. The van der Waals surface area contributed by atoms with Gasteiger partial charge in [-0.25, -0.2) is 9.37 Å². The maximum Gasteiger partial charge on any atom is 0.275 e. The first-order chi connectivity index (χ1) is 13.7. The van der Waals surface area contributed by atoms with Gasteiger partial charge in [0.25, 0.3) is 5.91 Å². The number of piperidine rings is 1. The Labute approximate surface area is 168 Å². The van der Waals surface area contributed by atoms with Crippen LogP contribution in [-0.4, -0.2) is 37.1 Å². The monoisotopic (exact) mass is 398 g/mol. The number of benzene rings is 2. The number of aromatic nitrogens is 1. The van der Waals surface area contributed by atoms with Crippen LogP contribution in [-0.2, 0) is 11.2 Å². The average Bonchev–Trinajstić information content (AvgIpc) is 3.14. The van der Waals surface area contributed by atoms with Gasteiger partial charge in [0.15, 0.2) is 6.54 Å². The third-order valence-electron chi connectivity index (χ3n) is 5.41. The number of thiazole rings is 1. The number of carbonyl (C=O) groups excluding carboxylic acids is 1. The molecule has 4 rings (SSSR count). The highest BCUT2D eigenvalue weighted by molar-refractivity contribution is 7.18. The molecule has 1 saturated heterocycles. The molecule has 28 heavy (non-hydrogen) atoms. The third-order valence-corrected chi connectivity index (χ3v) is 6.61. The van der Waals surface area contributed by atoms with E-state index in [9.17, 15) is 9.18 Å². The first-order valence-corrected chi connectivity index (χ1v) is 10.7. The topological polar surface area (TPSA) is 46.4 Å². The summed E-state index contributed by atoms with van der Waals surface area (Å²) in [6.07, 6.45) is 2.89. The van der Waals surface area contributed by atoms with Gasteiger partial charge >= 0.3 is 0 Å². The van der Waals surface area contributed by atoms with Gasteiger partial charge in [-0.15, -0.1) is 11.3 Å². The Kier molecular flexibility index (Phi) is 5.98. The summed E-state index contributed by atoms with van der Waals surface area (Å²) in [4.78, 5) is 18.4. The number of carbonyl (C=O) groups is 1. The minimum atomic E-state index is -0.231. The van der Waals surface area contributed by atoms with Gasteiger partial charge in [0.1, 0.15) is 5.82 Å². The highest BCUT2D eigenvalue weighted by atomic mass is 32.1. The van der Waals surface area contributed by atoms with Crippen LogP contribution < -0.4 is 10.2 Å². The number of fused-ring (bicyclic) bond motifs is 1. The quantitative estimate of drug-likeness (QED) is 0.670. The number of hydrogen-bond acceptors (Lipinski definition) is 3. The molecule has 0 bridgehead atoms. The van der Waals surface area contributed by atoms with E-state index in [0.717, 1.165) is 43.4 Å². The summed E-state index contributed by atoms with van der Waals surface area (Å²) in [5.74, 6) is 0.379. The predicted molar refractivity (Wildman–Crippen MR) is 110 cm³/mol. The van der Waals surface area contributed by atoms with Gasteiger partial charge < -0.3 is 10.2 Å². The second-order valence-electron chi connectivity index (χ2n) is 7.45. The van der Waals surface area contributed by atoms with Gasteiger partial charge in [-0.05, 0) is 36.2 Å². The normalized spacial score (nSPS) is 19.6. The van der Waals surface area contributed by atoms with E-state index in [-0.39, 0.29) is 11.7 Å². The molecule has 0 radical (unpaired) electrons. The molecular formula is C22H25FN3OS+. The molecule has 0 saturated carbocycles. The van der Waals surface area contributed by atoms with Crippen LogP contribution in [0.4, 0.5) is 4.39 Å². The highest BCUT2D eigenvalue weighted by Gasteiger charge is 2.26. The number of rotatable bonds is 6. The lowest BCUT2D eigenvalue weighted by molar-refractivity contribution is -0.897. The van der Waals surface area contributed by atoms with Crippen LogP contribution >= 0.6 is 11.3 Å². The summed E-state index contributed by atoms with van der Waals surface area (Å²) in [7, 11) is 0. The molecule has 1 fully saturated rings. The molecule has 6 heteroatoms. The van der Waals surface area contributed by atoms with E-state index < -0.39 is 0 Å². The van der Waals surface area contributed by atoms with Crippen molar-refractivity contribution in [3.8, 4) is 0 Å². The van der Waals surface area contributed by atoms with Gasteiger partial charge in [0.2, 0.25) is 0 Å². The maximum absolute atomic E-state index is 12.9. The van der Waals surface area contributed by atoms with Crippen LogP contribution in [0.3, 0.4) is 0 Å². The summed E-state index contributed by atoms with van der Waals surface area (Å²) in [5, 5.41) is 4.23. The van der Waals surface area contributed by atoms with Crippen molar-refractivity contribution in [3.63, 3.8) is 0 Å². The van der Waals surface area contributed by atoms with Crippen molar-refractivity contribution in [3.05, 3.63) is 64.9 Å². The fourth-order valence-electron chi connectivity index (χ4n) is 3.80. The fraction of sp³-hybridized carbons (Fsp3) is 0.364. The van der Waals surface area contributed by atoms with Gasteiger partial charge in [-0.2, -0.15) is 0 Å². The number of nitrogens with zero attached hydrogens (tertiary/aromatic N) is 1. The van der Waals surface area contributed by atoms with Gasteiger partial charge in [-0.1, -0.05) is 24.3 Å². The minimum absolute atomic E-state index is 0.0931. The Morgan fingerprint density at radius 3 is 2.64 bits per heavy atom. The van der Waals surface area contributed by atoms with Crippen LogP contribution in [0.2, 0.25) is 0 Å². The van der Waals surface area contributed by atoms with E-state index in [1.807, 2.05) is 6.07 Å². The lowest BCUT2D eigenvalue weighted by Crippen LogP contribution is -3.14. The summed E-state index contributed by atoms with van der Waals surface area (Å²) in [6, 6.07) is 14.7. The largest absolute Gasteiger partial charge is 0.351 e. The summed E-state index contributed by atoms with van der Waals surface area (Å²) < 4.78 is 14.2. The molecule has 0 spiro atoms. The molecule has 1 aliphatic rings. The van der Waals surface area contributed by atoms with E-state index in [1.54, 1.807) is 23.5 Å². The zero-order valence-electron chi connectivity index (χ0n) is 15.8. The van der Waals surface area contributed by atoms with Crippen LogP contribution in [0.25, 0.3) is 10.2 Å². The average molecular weight is 399 g/mol. The summed E-state index contributed by atoms with van der Waals surface area (Å²) >= 11 is 1.81. The lowest BCUT2D eigenvalue weighted by Gasteiger charge is -2.27. The molecule has 146 valence electrons. The van der Waals surface area contributed by atoms with Crippen molar-refractivity contribution in [1.29, 1.82) is 0 Å². The highest BCUT2D eigenvalue weighted by Crippen LogP contribution is 2.31. The second-order valence-corrected chi connectivity index (χ2v) is 8.51. The minimum Gasteiger partial charge on any atom is -0.351 e. The number of likely N-dealkylation sites (tertiary alicyclic amines) is 1. The zero-order valence-corrected chi connectivity index (χ0v) is 16.6. The number of para-hydroxylation sites is 1. The Balaban J connectivity index is 1.20. The fourth-order valence-corrected chi connectivity index (χ4v) is 4.94. The number of halogens is 1. The molecule has 1 aliphatic heterocycles. The molecule has 2 aromatic carbocycles. The maximum atomic E-state index is 12.9. The first-order valence-electron chi connectivity index (χ1n) is 9.87. The Morgan fingerprint density at radius 2 is 1.89 bits per heavy atom. The second kappa shape index (κ2) is 8.80. The van der Waals surface area contributed by atoms with Crippen LogP contribution in [0.1, 0.15) is 29.3 Å². The number of quaternary nitrogens is 1. The van der Waals surface area contributed by atoms with E-state index >= 15 is 0 Å². The van der Waals surface area contributed by atoms with E-state index in [0.29, 0.717) is 19.0 Å². The SMILES string of the molecule is O=C(C[NH+]1CCC(c2nc3ccccc3s2)CC1)NCCc1ccc(F)cc1. The molecule has 1 amide bonds. The molecule has 0 unspecified atom stereocenters. The first kappa shape index (κ1) is 19.0. The third kappa shape index (κ3) is 4.75.